The van der Waals surface area contributed by atoms with Gasteiger partial charge in [0.05, 0.1) is 5.01 Å². The first-order chi connectivity index (χ1) is 11.6. The maximum absolute atomic E-state index is 12.3. The molecule has 1 aromatic heterocycles. The number of nitrogens with one attached hydrogen (secondary N) is 1. The number of ketones is 1. The second kappa shape index (κ2) is 7.19. The van der Waals surface area contributed by atoms with E-state index in [1.165, 1.54) is 18.3 Å². The number of benzene rings is 2. The van der Waals surface area contributed by atoms with Gasteiger partial charge in [0, 0.05) is 23.1 Å². The summed E-state index contributed by atoms with van der Waals surface area (Å²) in [5.74, 6) is -0.309. The summed E-state index contributed by atoms with van der Waals surface area (Å²) in [6.45, 7) is 1.50. The van der Waals surface area contributed by atoms with Gasteiger partial charge in [0.25, 0.3) is 5.91 Å². The number of anilines is 1. The van der Waals surface area contributed by atoms with Crippen molar-refractivity contribution in [3.63, 3.8) is 0 Å². The zero-order valence-corrected chi connectivity index (χ0v) is 14.0. The first-order valence-electron chi connectivity index (χ1n) is 7.52. The van der Waals surface area contributed by atoms with Gasteiger partial charge in [-0.2, -0.15) is 0 Å². The van der Waals surface area contributed by atoms with Gasteiger partial charge < -0.3 is 5.32 Å². The summed E-state index contributed by atoms with van der Waals surface area (Å²) in [4.78, 5) is 28.1. The number of rotatable bonds is 5. The summed E-state index contributed by atoms with van der Waals surface area (Å²) < 4.78 is 0. The van der Waals surface area contributed by atoms with Crippen LogP contribution in [-0.4, -0.2) is 16.7 Å². The molecule has 120 valence electrons. The van der Waals surface area contributed by atoms with E-state index in [2.05, 4.69) is 10.3 Å². The molecule has 0 unspecified atom stereocenters. The smallest absolute Gasteiger partial charge is 0.275 e. The van der Waals surface area contributed by atoms with Crippen molar-refractivity contribution < 1.29 is 9.59 Å². The number of Topliss-reactive ketones (excluding diaryl/α,β-unsaturated/α-hetero) is 1. The maximum atomic E-state index is 12.3. The fourth-order valence-corrected chi connectivity index (χ4v) is 3.09. The number of amides is 1. The van der Waals surface area contributed by atoms with E-state index in [0.717, 1.165) is 10.6 Å². The standard InChI is InChI=1S/C19H16N2O2S/c1-13(22)15-8-5-9-16(11-15)20-19(23)17-12-24-18(21-17)10-14-6-3-2-4-7-14/h2-9,11-12H,10H2,1H3,(H,20,23). The number of hydrogen-bond donors (Lipinski definition) is 1. The SMILES string of the molecule is CC(=O)c1cccc(NC(=O)c2csc(Cc3ccccc3)n2)c1. The molecule has 3 rings (SSSR count). The van der Waals surface area contributed by atoms with E-state index in [0.29, 0.717) is 23.4 Å². The number of carbonyl (C=O) groups is 2. The lowest BCUT2D eigenvalue weighted by molar-refractivity contribution is 0.100. The van der Waals surface area contributed by atoms with Gasteiger partial charge in [0.2, 0.25) is 0 Å². The predicted octanol–water partition coefficient (Wildman–Crippen LogP) is 4.19. The Balaban J connectivity index is 1.70. The Morgan fingerprint density at radius 3 is 2.62 bits per heavy atom. The fraction of sp³-hybridized carbons (Fsp3) is 0.105. The molecule has 5 heteroatoms. The van der Waals surface area contributed by atoms with Gasteiger partial charge in [0.15, 0.2) is 5.78 Å². The van der Waals surface area contributed by atoms with Crippen LogP contribution in [0.15, 0.2) is 60.0 Å². The molecular formula is C19H16N2O2S. The molecule has 0 saturated carbocycles. The first-order valence-corrected chi connectivity index (χ1v) is 8.40. The molecule has 0 bridgehead atoms. The van der Waals surface area contributed by atoms with E-state index in [1.54, 1.807) is 29.6 Å². The largest absolute Gasteiger partial charge is 0.321 e. The van der Waals surface area contributed by atoms with Crippen LogP contribution in [0, 0.1) is 0 Å². The van der Waals surface area contributed by atoms with Crippen LogP contribution in [0.1, 0.15) is 38.3 Å². The quantitative estimate of drug-likeness (QED) is 0.711. The minimum atomic E-state index is -0.272. The van der Waals surface area contributed by atoms with Gasteiger partial charge in [-0.05, 0) is 24.6 Å². The fourth-order valence-electron chi connectivity index (χ4n) is 2.28. The Morgan fingerprint density at radius 1 is 1.08 bits per heavy atom. The van der Waals surface area contributed by atoms with Gasteiger partial charge in [0.1, 0.15) is 5.69 Å². The van der Waals surface area contributed by atoms with Crippen LogP contribution in [0.5, 0.6) is 0 Å². The minimum Gasteiger partial charge on any atom is -0.321 e. The first kappa shape index (κ1) is 16.1. The number of nitrogens with zero attached hydrogens (tertiary/aromatic N) is 1. The Kier molecular flexibility index (Phi) is 4.82. The molecule has 0 aliphatic carbocycles. The van der Waals surface area contributed by atoms with E-state index in [9.17, 15) is 9.59 Å². The lowest BCUT2D eigenvalue weighted by Gasteiger charge is -2.04. The normalized spacial score (nSPS) is 10.4. The molecule has 0 atom stereocenters. The van der Waals surface area contributed by atoms with E-state index in [4.69, 9.17) is 0 Å². The third kappa shape index (κ3) is 3.94. The molecule has 1 N–H and O–H groups in total. The second-order valence-corrected chi connectivity index (χ2v) is 6.32. The van der Waals surface area contributed by atoms with E-state index in [1.807, 2.05) is 30.3 Å². The molecule has 0 aliphatic rings. The molecular weight excluding hydrogens is 320 g/mol. The average molecular weight is 336 g/mol. The van der Waals surface area contributed by atoms with Crippen LogP contribution in [0.25, 0.3) is 0 Å². The number of aromatic nitrogens is 1. The lowest BCUT2D eigenvalue weighted by atomic mass is 10.1. The maximum Gasteiger partial charge on any atom is 0.275 e. The number of hydrogen-bond acceptors (Lipinski definition) is 4. The average Bonchev–Trinajstić information content (AvgIpc) is 3.04. The van der Waals surface area contributed by atoms with Crippen molar-refractivity contribution >= 4 is 28.7 Å². The Morgan fingerprint density at radius 2 is 1.88 bits per heavy atom. The zero-order chi connectivity index (χ0) is 16.9. The summed E-state index contributed by atoms with van der Waals surface area (Å²) in [7, 11) is 0. The van der Waals surface area contributed by atoms with Crippen LogP contribution in [0.2, 0.25) is 0 Å². The summed E-state index contributed by atoms with van der Waals surface area (Å²) in [5.41, 5.74) is 2.70. The summed E-state index contributed by atoms with van der Waals surface area (Å²) in [6.07, 6.45) is 0.707. The van der Waals surface area contributed by atoms with Crippen molar-refractivity contribution in [2.75, 3.05) is 5.32 Å². The Hall–Kier alpha value is -2.79. The molecule has 2 aromatic carbocycles. The van der Waals surface area contributed by atoms with E-state index in [-0.39, 0.29) is 11.7 Å². The van der Waals surface area contributed by atoms with E-state index < -0.39 is 0 Å². The van der Waals surface area contributed by atoms with Gasteiger partial charge in [-0.25, -0.2) is 4.98 Å². The van der Waals surface area contributed by atoms with Crippen LogP contribution in [0.4, 0.5) is 5.69 Å². The Bertz CT molecular complexity index is 872. The molecule has 1 amide bonds. The zero-order valence-electron chi connectivity index (χ0n) is 13.2. The highest BCUT2D eigenvalue weighted by molar-refractivity contribution is 7.09. The summed E-state index contributed by atoms with van der Waals surface area (Å²) in [6, 6.07) is 16.9. The summed E-state index contributed by atoms with van der Waals surface area (Å²) in [5, 5.41) is 5.43. The third-order valence-corrected chi connectivity index (χ3v) is 4.36. The van der Waals surface area contributed by atoms with Crippen LogP contribution in [-0.2, 0) is 6.42 Å². The van der Waals surface area contributed by atoms with Crippen molar-refractivity contribution in [2.45, 2.75) is 13.3 Å². The van der Waals surface area contributed by atoms with Crippen molar-refractivity contribution in [3.05, 3.63) is 81.8 Å². The summed E-state index contributed by atoms with van der Waals surface area (Å²) >= 11 is 1.47. The van der Waals surface area contributed by atoms with Gasteiger partial charge in [-0.3, -0.25) is 9.59 Å². The molecule has 0 fully saturated rings. The highest BCUT2D eigenvalue weighted by Crippen LogP contribution is 2.17. The molecule has 0 spiro atoms. The molecule has 0 radical (unpaired) electrons. The molecule has 0 aliphatic heterocycles. The second-order valence-electron chi connectivity index (χ2n) is 5.38. The highest BCUT2D eigenvalue weighted by Gasteiger charge is 2.12. The number of thiazole rings is 1. The van der Waals surface area contributed by atoms with Crippen molar-refractivity contribution in [2.24, 2.45) is 0 Å². The highest BCUT2D eigenvalue weighted by atomic mass is 32.1. The molecule has 0 saturated heterocycles. The third-order valence-electron chi connectivity index (χ3n) is 3.51. The number of carbonyl (C=O) groups excluding carboxylic acids is 2. The van der Waals surface area contributed by atoms with Gasteiger partial charge >= 0.3 is 0 Å². The van der Waals surface area contributed by atoms with Gasteiger partial charge in [-0.15, -0.1) is 11.3 Å². The molecule has 1 heterocycles. The monoisotopic (exact) mass is 336 g/mol. The van der Waals surface area contributed by atoms with Crippen LogP contribution in [0.3, 0.4) is 0 Å². The molecule has 4 nitrogen and oxygen atoms in total. The lowest BCUT2D eigenvalue weighted by Crippen LogP contribution is -2.12. The predicted molar refractivity (Wildman–Crippen MR) is 95.8 cm³/mol. The minimum absolute atomic E-state index is 0.0371. The Labute approximate surface area is 144 Å². The van der Waals surface area contributed by atoms with Gasteiger partial charge in [-0.1, -0.05) is 42.5 Å². The van der Waals surface area contributed by atoms with Crippen molar-refractivity contribution in [1.82, 2.24) is 4.98 Å². The van der Waals surface area contributed by atoms with Crippen LogP contribution < -0.4 is 5.32 Å². The van der Waals surface area contributed by atoms with Crippen LogP contribution >= 0.6 is 11.3 Å². The molecule has 24 heavy (non-hydrogen) atoms. The van der Waals surface area contributed by atoms with E-state index >= 15 is 0 Å². The van der Waals surface area contributed by atoms with Crippen molar-refractivity contribution in [3.8, 4) is 0 Å². The van der Waals surface area contributed by atoms with Crippen molar-refractivity contribution in [1.29, 1.82) is 0 Å². The molecule has 3 aromatic rings. The topological polar surface area (TPSA) is 59.1 Å².